The van der Waals surface area contributed by atoms with Gasteiger partial charge in [0.2, 0.25) is 0 Å². The van der Waals surface area contributed by atoms with Crippen molar-refractivity contribution >= 4 is 35.3 Å². The van der Waals surface area contributed by atoms with Crippen molar-refractivity contribution in [1.29, 1.82) is 10.8 Å². The van der Waals surface area contributed by atoms with Crippen LogP contribution in [0.4, 0.5) is 0 Å². The molecular formula is C30H44N2O4Sn-4. The molecule has 0 amide bonds. The minimum atomic E-state index is -1.30. The van der Waals surface area contributed by atoms with Crippen LogP contribution in [-0.4, -0.2) is 35.3 Å². The first-order valence-corrected chi connectivity index (χ1v) is 12.9. The number of rotatable bonds is 10. The zero-order valence-electron chi connectivity index (χ0n) is 22.7. The fourth-order valence-electron chi connectivity index (χ4n) is 2.88. The molecular weight excluding hydrogens is 571 g/mol. The molecule has 2 aliphatic carbocycles. The van der Waals surface area contributed by atoms with E-state index >= 15 is 0 Å². The van der Waals surface area contributed by atoms with Gasteiger partial charge in [-0.05, 0) is 23.3 Å². The van der Waals surface area contributed by atoms with E-state index in [0.29, 0.717) is 0 Å². The number of allylic oxidation sites excluding steroid dienone is 10. The van der Waals surface area contributed by atoms with Gasteiger partial charge in [0.15, 0.2) is 0 Å². The zero-order chi connectivity index (χ0) is 27.6. The molecule has 2 rings (SSSR count). The van der Waals surface area contributed by atoms with Crippen molar-refractivity contribution < 1.29 is 20.4 Å². The topological polar surface area (TPSA) is 140 Å². The summed E-state index contributed by atoms with van der Waals surface area (Å²) < 4.78 is 0. The summed E-state index contributed by atoms with van der Waals surface area (Å²) in [7, 11) is 0. The van der Waals surface area contributed by atoms with Crippen molar-refractivity contribution in [2.24, 2.45) is 0 Å². The quantitative estimate of drug-likeness (QED) is 0.165. The van der Waals surface area contributed by atoms with E-state index in [1.165, 1.54) is 88.5 Å². The Bertz CT molecular complexity index is 707. The predicted octanol–water partition coefficient (Wildman–Crippen LogP) is 4.11. The molecule has 0 heterocycles. The van der Waals surface area contributed by atoms with Gasteiger partial charge in [-0.3, -0.25) is 0 Å². The zero-order valence-corrected chi connectivity index (χ0v) is 25.5. The molecule has 2 N–H and O–H groups in total. The molecule has 7 heteroatoms. The van der Waals surface area contributed by atoms with Gasteiger partial charge in [0.25, 0.3) is 0 Å². The summed E-state index contributed by atoms with van der Waals surface area (Å²) in [5.74, 6) is -2.60. The molecule has 2 aliphatic rings. The van der Waals surface area contributed by atoms with Crippen LogP contribution in [-0.2, 0) is 0 Å². The molecule has 0 atom stereocenters. The van der Waals surface area contributed by atoms with Crippen molar-refractivity contribution in [3.05, 3.63) is 85.5 Å². The average molecular weight is 615 g/mol. The first-order chi connectivity index (χ1) is 17.3. The van der Waals surface area contributed by atoms with E-state index in [-0.39, 0.29) is 46.5 Å². The molecule has 0 aromatic rings. The van der Waals surface area contributed by atoms with Crippen molar-refractivity contribution in [1.82, 2.24) is 0 Å². The van der Waals surface area contributed by atoms with Gasteiger partial charge in [-0.25, -0.2) is 0 Å². The Labute approximate surface area is 242 Å². The molecule has 0 aliphatic heterocycles. The van der Waals surface area contributed by atoms with E-state index in [1.54, 1.807) is 24.3 Å². The Hall–Kier alpha value is -2.22. The fourth-order valence-corrected chi connectivity index (χ4v) is 2.88. The summed E-state index contributed by atoms with van der Waals surface area (Å²) in [6, 6.07) is 0. The van der Waals surface area contributed by atoms with Gasteiger partial charge in [-0.1, -0.05) is 115 Å². The number of hydrogen-bond acceptors (Lipinski definition) is 6. The molecule has 0 aromatic heterocycles. The molecule has 0 fully saturated rings. The Morgan fingerprint density at radius 2 is 0.865 bits per heavy atom. The molecule has 0 aromatic carbocycles. The summed E-state index contributed by atoms with van der Waals surface area (Å²) in [5.41, 5.74) is -0.157. The van der Waals surface area contributed by atoms with Crippen LogP contribution < -0.4 is 20.4 Å². The van der Waals surface area contributed by atoms with Crippen LogP contribution >= 0.6 is 0 Å². The van der Waals surface area contributed by atoms with Crippen LogP contribution in [0.15, 0.2) is 71.6 Å². The van der Waals surface area contributed by atoms with Crippen molar-refractivity contribution in [2.75, 3.05) is 0 Å². The first kappa shape index (κ1) is 39.3. The van der Waals surface area contributed by atoms with E-state index in [0.717, 1.165) is 12.8 Å². The van der Waals surface area contributed by atoms with Crippen molar-refractivity contribution in [2.45, 2.75) is 90.9 Å². The second-order valence-electron chi connectivity index (χ2n) is 8.20. The van der Waals surface area contributed by atoms with E-state index in [1.807, 2.05) is 0 Å². The van der Waals surface area contributed by atoms with Crippen LogP contribution in [0.5, 0.6) is 0 Å². The molecule has 0 unspecified atom stereocenters. The van der Waals surface area contributed by atoms with E-state index in [4.69, 9.17) is 10.8 Å². The monoisotopic (exact) mass is 616 g/mol. The summed E-state index contributed by atoms with van der Waals surface area (Å²) >= 11 is 0. The Kier molecular flexibility index (Phi) is 30.1. The molecule has 0 saturated carbocycles. The third-order valence-electron chi connectivity index (χ3n) is 5.00. The number of unbranched alkanes of at least 4 members (excludes halogenated alkanes) is 10. The molecule has 37 heavy (non-hydrogen) atoms. The number of hydrogen-bond donors (Lipinski definition) is 2. The second-order valence-corrected chi connectivity index (χ2v) is 8.20. The average Bonchev–Trinajstić information content (AvgIpc) is 2.86. The van der Waals surface area contributed by atoms with Crippen LogP contribution in [0.1, 0.15) is 90.9 Å². The Morgan fingerprint density at radius 3 is 1.08 bits per heavy atom. The second kappa shape index (κ2) is 28.4. The van der Waals surface area contributed by atoms with Gasteiger partial charge in [0.1, 0.15) is 0 Å². The maximum atomic E-state index is 10.2. The third kappa shape index (κ3) is 23.9. The van der Waals surface area contributed by atoms with Gasteiger partial charge >= 0.3 is 23.9 Å². The Balaban J connectivity index is -0.000000416. The van der Waals surface area contributed by atoms with E-state index in [9.17, 15) is 20.4 Å². The summed E-state index contributed by atoms with van der Waals surface area (Å²) in [5, 5.41) is 54.9. The van der Waals surface area contributed by atoms with Crippen molar-refractivity contribution in [3.63, 3.8) is 0 Å². The third-order valence-corrected chi connectivity index (χ3v) is 5.00. The van der Waals surface area contributed by atoms with Gasteiger partial charge < -0.3 is 45.1 Å². The molecule has 206 valence electrons. The van der Waals surface area contributed by atoms with E-state index in [2.05, 4.69) is 27.7 Å². The van der Waals surface area contributed by atoms with Crippen LogP contribution in [0.2, 0.25) is 0 Å². The molecule has 0 spiro atoms. The first-order valence-electron chi connectivity index (χ1n) is 12.9. The van der Waals surface area contributed by atoms with E-state index < -0.39 is 11.9 Å². The Morgan fingerprint density at radius 1 is 0.568 bits per heavy atom. The summed E-state index contributed by atoms with van der Waals surface area (Å²) in [4.78, 5) is 0. The summed E-state index contributed by atoms with van der Waals surface area (Å²) in [6.45, 7) is 12.0. The molecule has 2 radical (unpaired) electrons. The van der Waals surface area contributed by atoms with Crippen LogP contribution in [0.25, 0.3) is 0 Å². The minimum Gasteiger partial charge on any atom is -0.883 e. The smallest absolute Gasteiger partial charge is 0.883 e. The standard InChI is InChI=1S/2C8H17.2C7H7NO2.Sn/c2*1-3-5-7-8-6-4-2;2*8-6-4-2-1-3-5(6)7(9)10;/h2*1,3-8H2,2H3;2*1-4,8-10H;/q2*-1;;;+2/p-4. The maximum absolute atomic E-state index is 10.2. The van der Waals surface area contributed by atoms with Gasteiger partial charge in [-0.2, -0.15) is 24.7 Å². The van der Waals surface area contributed by atoms with Crippen molar-refractivity contribution in [3.8, 4) is 0 Å². The fraction of sp³-hybridized carbons (Fsp3) is 0.467. The van der Waals surface area contributed by atoms with Crippen LogP contribution in [0.3, 0.4) is 0 Å². The van der Waals surface area contributed by atoms with Crippen LogP contribution in [0, 0.1) is 24.7 Å². The SMILES string of the molecule is N=C1C=CC=CC1=C([O-])[O-].N=C1C=CC=CC1=C([O-])[O-].[CH2-]CCCCCCC.[CH2-]CCCCCCC.[Sn+2]. The van der Waals surface area contributed by atoms with Gasteiger partial charge in [-0.15, -0.1) is 0 Å². The molecule has 0 bridgehead atoms. The predicted molar refractivity (Wildman–Crippen MR) is 149 cm³/mol. The molecule has 6 nitrogen and oxygen atoms in total. The molecule has 0 saturated heterocycles. The largest absolute Gasteiger partial charge is 2.00 e. The van der Waals surface area contributed by atoms with Gasteiger partial charge in [0.05, 0.1) is 11.4 Å². The summed E-state index contributed by atoms with van der Waals surface area (Å²) in [6.07, 6.45) is 27.8. The van der Waals surface area contributed by atoms with Gasteiger partial charge in [0, 0.05) is 0 Å². The normalized spacial score (nSPS) is 12.9. The minimum absolute atomic E-state index is 0. The maximum Gasteiger partial charge on any atom is 2.00 e. The number of nitrogens with one attached hydrogen (secondary N) is 2.